The van der Waals surface area contributed by atoms with E-state index in [4.69, 9.17) is 14.2 Å². The second-order valence-electron chi connectivity index (χ2n) is 15.0. The molecule has 0 amide bonds. The van der Waals surface area contributed by atoms with E-state index in [1.54, 1.807) is 0 Å². The highest BCUT2D eigenvalue weighted by molar-refractivity contribution is 5.71. The predicted molar refractivity (Wildman–Crippen MR) is 242 cm³/mol. The number of esters is 3. The Morgan fingerprint density at radius 1 is 0.386 bits per heavy atom. The number of allylic oxidation sites excluding steroid dienone is 14. The topological polar surface area (TPSA) is 78.9 Å². The summed E-state index contributed by atoms with van der Waals surface area (Å²) >= 11 is 0. The molecule has 0 aromatic rings. The molecule has 324 valence electrons. The first kappa shape index (κ1) is 53.6. The third kappa shape index (κ3) is 43.6. The van der Waals surface area contributed by atoms with E-state index >= 15 is 0 Å². The van der Waals surface area contributed by atoms with E-state index in [1.807, 2.05) is 24.3 Å². The SMILES string of the molecule is CC\C=C/C=C\C=C/C=C\CCCCCCCC(=O)OCC(COC(=O)CCCCCCCCCCCC)OC(=O)CCCCCC/C=C\C/C=C\C/C=C\CC. The summed E-state index contributed by atoms with van der Waals surface area (Å²) < 4.78 is 16.7. The van der Waals surface area contributed by atoms with Gasteiger partial charge in [0.1, 0.15) is 13.2 Å². The van der Waals surface area contributed by atoms with E-state index in [0.717, 1.165) is 116 Å². The summed E-state index contributed by atoms with van der Waals surface area (Å²) in [5.74, 6) is -0.948. The highest BCUT2D eigenvalue weighted by atomic mass is 16.6. The van der Waals surface area contributed by atoms with E-state index in [1.165, 1.54) is 44.9 Å². The third-order valence-electron chi connectivity index (χ3n) is 9.49. The molecule has 0 aliphatic rings. The van der Waals surface area contributed by atoms with Gasteiger partial charge in [0.15, 0.2) is 6.10 Å². The number of rotatable bonds is 40. The van der Waals surface area contributed by atoms with Gasteiger partial charge in [-0.2, -0.15) is 0 Å². The second-order valence-corrected chi connectivity index (χ2v) is 15.0. The zero-order chi connectivity index (χ0) is 41.5. The van der Waals surface area contributed by atoms with Gasteiger partial charge >= 0.3 is 17.9 Å². The maximum absolute atomic E-state index is 12.7. The van der Waals surface area contributed by atoms with Gasteiger partial charge in [-0.3, -0.25) is 14.4 Å². The van der Waals surface area contributed by atoms with Crippen molar-refractivity contribution in [2.24, 2.45) is 0 Å². The van der Waals surface area contributed by atoms with Crippen LogP contribution in [-0.2, 0) is 28.6 Å². The van der Waals surface area contributed by atoms with Gasteiger partial charge in [-0.15, -0.1) is 0 Å². The van der Waals surface area contributed by atoms with Crippen molar-refractivity contribution in [2.75, 3.05) is 13.2 Å². The highest BCUT2D eigenvalue weighted by Gasteiger charge is 2.19. The zero-order valence-electron chi connectivity index (χ0n) is 36.8. The molecule has 57 heavy (non-hydrogen) atoms. The fraction of sp³-hybridized carbons (Fsp3) is 0.667. The van der Waals surface area contributed by atoms with Crippen LogP contribution in [0.3, 0.4) is 0 Å². The van der Waals surface area contributed by atoms with E-state index in [0.29, 0.717) is 19.3 Å². The van der Waals surface area contributed by atoms with E-state index in [2.05, 4.69) is 81.5 Å². The van der Waals surface area contributed by atoms with Crippen molar-refractivity contribution < 1.29 is 28.6 Å². The number of carbonyl (C=O) groups excluding carboxylic acids is 3. The molecule has 0 heterocycles. The van der Waals surface area contributed by atoms with Gasteiger partial charge < -0.3 is 14.2 Å². The van der Waals surface area contributed by atoms with Gasteiger partial charge in [-0.25, -0.2) is 0 Å². The Bertz CT molecular complexity index is 1140. The average molecular weight is 793 g/mol. The Hall–Kier alpha value is -3.41. The summed E-state index contributed by atoms with van der Waals surface area (Å²) in [5, 5.41) is 0. The van der Waals surface area contributed by atoms with E-state index in [-0.39, 0.29) is 31.1 Å². The molecule has 1 unspecified atom stereocenters. The fourth-order valence-corrected chi connectivity index (χ4v) is 6.05. The molecule has 0 aromatic heterocycles. The van der Waals surface area contributed by atoms with Crippen LogP contribution in [0.2, 0.25) is 0 Å². The summed E-state index contributed by atoms with van der Waals surface area (Å²) in [6.07, 6.45) is 57.0. The fourth-order valence-electron chi connectivity index (χ4n) is 6.05. The highest BCUT2D eigenvalue weighted by Crippen LogP contribution is 2.13. The molecule has 0 saturated heterocycles. The van der Waals surface area contributed by atoms with Crippen molar-refractivity contribution in [3.8, 4) is 0 Å². The first-order valence-corrected chi connectivity index (χ1v) is 23.1. The quantitative estimate of drug-likeness (QED) is 0.0202. The molecule has 0 aliphatic carbocycles. The number of unbranched alkanes of at least 4 members (excludes halogenated alkanes) is 18. The summed E-state index contributed by atoms with van der Waals surface area (Å²) in [5.41, 5.74) is 0. The first-order valence-electron chi connectivity index (χ1n) is 23.1. The predicted octanol–water partition coefficient (Wildman–Crippen LogP) is 14.9. The van der Waals surface area contributed by atoms with Crippen LogP contribution in [-0.4, -0.2) is 37.2 Å². The van der Waals surface area contributed by atoms with Crippen LogP contribution in [0.1, 0.15) is 201 Å². The lowest BCUT2D eigenvalue weighted by molar-refractivity contribution is -0.167. The molecule has 1 atom stereocenters. The first-order chi connectivity index (χ1) is 28.0. The largest absolute Gasteiger partial charge is 0.462 e. The minimum absolute atomic E-state index is 0.0934. The van der Waals surface area contributed by atoms with Crippen LogP contribution in [0.25, 0.3) is 0 Å². The summed E-state index contributed by atoms with van der Waals surface area (Å²) in [6, 6.07) is 0. The molecule has 0 fully saturated rings. The van der Waals surface area contributed by atoms with Crippen molar-refractivity contribution in [2.45, 2.75) is 207 Å². The van der Waals surface area contributed by atoms with Crippen LogP contribution < -0.4 is 0 Å². The van der Waals surface area contributed by atoms with Crippen LogP contribution in [0.15, 0.2) is 85.1 Å². The molecule has 0 saturated carbocycles. The molecule has 0 bridgehead atoms. The molecular weight excluding hydrogens is 709 g/mol. The Kier molecular flexibility index (Phi) is 42.6. The Balaban J connectivity index is 4.46. The molecule has 0 N–H and O–H groups in total. The molecule has 6 nitrogen and oxygen atoms in total. The van der Waals surface area contributed by atoms with Gasteiger partial charge in [-0.1, -0.05) is 196 Å². The van der Waals surface area contributed by atoms with Crippen molar-refractivity contribution in [3.05, 3.63) is 85.1 Å². The monoisotopic (exact) mass is 793 g/mol. The minimum Gasteiger partial charge on any atom is -0.462 e. The smallest absolute Gasteiger partial charge is 0.306 e. The zero-order valence-corrected chi connectivity index (χ0v) is 36.8. The van der Waals surface area contributed by atoms with E-state index < -0.39 is 6.10 Å². The Morgan fingerprint density at radius 2 is 0.772 bits per heavy atom. The van der Waals surface area contributed by atoms with Gasteiger partial charge in [0.2, 0.25) is 0 Å². The van der Waals surface area contributed by atoms with Crippen LogP contribution in [0.4, 0.5) is 0 Å². The third-order valence-corrected chi connectivity index (χ3v) is 9.49. The number of hydrogen-bond acceptors (Lipinski definition) is 6. The molecule has 0 radical (unpaired) electrons. The molecule has 0 aromatic carbocycles. The molecule has 0 rings (SSSR count). The normalized spacial score (nSPS) is 12.8. The number of hydrogen-bond donors (Lipinski definition) is 0. The molecule has 0 aliphatic heterocycles. The Labute approximate surface area is 350 Å². The number of carbonyl (C=O) groups is 3. The lowest BCUT2D eigenvalue weighted by atomic mass is 10.1. The minimum atomic E-state index is -0.795. The summed E-state index contributed by atoms with van der Waals surface area (Å²) in [6.45, 7) is 6.31. The van der Waals surface area contributed by atoms with Crippen LogP contribution in [0, 0.1) is 0 Å². The van der Waals surface area contributed by atoms with Crippen LogP contribution >= 0.6 is 0 Å². The lowest BCUT2D eigenvalue weighted by Crippen LogP contribution is -2.30. The van der Waals surface area contributed by atoms with Crippen molar-refractivity contribution in [3.63, 3.8) is 0 Å². The molecular formula is C51H84O6. The maximum atomic E-state index is 12.7. The lowest BCUT2D eigenvalue weighted by Gasteiger charge is -2.18. The number of ether oxygens (including phenoxy) is 3. The van der Waals surface area contributed by atoms with Gasteiger partial charge in [0, 0.05) is 19.3 Å². The van der Waals surface area contributed by atoms with Crippen molar-refractivity contribution in [1.29, 1.82) is 0 Å². The summed E-state index contributed by atoms with van der Waals surface area (Å²) in [4.78, 5) is 37.8. The summed E-state index contributed by atoms with van der Waals surface area (Å²) in [7, 11) is 0. The van der Waals surface area contributed by atoms with Gasteiger partial charge in [0.25, 0.3) is 0 Å². The molecule has 6 heteroatoms. The second kappa shape index (κ2) is 45.3. The van der Waals surface area contributed by atoms with Crippen molar-refractivity contribution in [1.82, 2.24) is 0 Å². The Morgan fingerprint density at radius 3 is 1.28 bits per heavy atom. The van der Waals surface area contributed by atoms with E-state index in [9.17, 15) is 14.4 Å². The standard InChI is InChI=1S/C51H84O6/c1-4-7-10-13-16-19-22-24-26-28-29-32-35-38-41-44-50(53)56-47-48(46-55-49(52)43-40-37-34-31-21-18-15-12-9-6-3)57-51(54)45-42-39-36-33-30-27-25-23-20-17-14-11-8-5-2/h7-8,10-11,13,16-17,19-20,22,24-27,48H,4-6,9,12,14-15,18,21,23,28-47H2,1-3H3/b10-7-,11-8-,16-13-,20-17-,22-19-,26-24-,27-25-. The van der Waals surface area contributed by atoms with Gasteiger partial charge in [0.05, 0.1) is 0 Å². The maximum Gasteiger partial charge on any atom is 0.306 e. The van der Waals surface area contributed by atoms with Gasteiger partial charge in [-0.05, 0) is 70.6 Å². The van der Waals surface area contributed by atoms with Crippen LogP contribution in [0.5, 0.6) is 0 Å². The van der Waals surface area contributed by atoms with Crippen molar-refractivity contribution >= 4 is 17.9 Å². The molecule has 0 spiro atoms. The average Bonchev–Trinajstić information content (AvgIpc) is 3.21.